The third-order valence-electron chi connectivity index (χ3n) is 5.87. The normalized spacial score (nSPS) is 11.8. The second kappa shape index (κ2) is 11.0. The van der Waals surface area contributed by atoms with Crippen molar-refractivity contribution in [3.63, 3.8) is 0 Å². The summed E-state index contributed by atoms with van der Waals surface area (Å²) in [6, 6.07) is 18.5. The van der Waals surface area contributed by atoms with Crippen molar-refractivity contribution in [2.45, 2.75) is 26.3 Å². The van der Waals surface area contributed by atoms with Gasteiger partial charge in [0, 0.05) is 7.05 Å². The quantitative estimate of drug-likeness (QED) is 0.291. The Morgan fingerprint density at radius 2 is 1.78 bits per heavy atom. The zero-order valence-electron chi connectivity index (χ0n) is 20.2. The molecule has 1 atom stereocenters. The standard InChI is InChI=1S/C27H26Cl2N4O3/c1-4-23(32(3)27(35)31-22-12-8-10-20(28)24(22)29)25-30-21-11-7-6-9-19(21)26(34)33(25)17-13-15-18(16-14-17)36-5-2/h6-16,23H,4-5H2,1-3H3,(H,31,35). The Balaban J connectivity index is 1.80. The molecule has 0 aliphatic carbocycles. The predicted octanol–water partition coefficient (Wildman–Crippen LogP) is 6.71. The second-order valence-electron chi connectivity index (χ2n) is 8.12. The molecule has 4 aromatic rings. The van der Waals surface area contributed by atoms with Crippen LogP contribution in [0.4, 0.5) is 10.5 Å². The fraction of sp³-hybridized carbons (Fsp3) is 0.222. The zero-order chi connectivity index (χ0) is 25.8. The maximum atomic E-state index is 13.7. The highest BCUT2D eigenvalue weighted by Gasteiger charge is 2.27. The van der Waals surface area contributed by atoms with E-state index in [2.05, 4.69) is 5.32 Å². The molecule has 1 aromatic heterocycles. The fourth-order valence-corrected chi connectivity index (χ4v) is 4.40. The number of hydrogen-bond donors (Lipinski definition) is 1. The summed E-state index contributed by atoms with van der Waals surface area (Å²) in [5.74, 6) is 1.15. The Kier molecular flexibility index (Phi) is 7.82. The molecule has 0 aliphatic heterocycles. The summed E-state index contributed by atoms with van der Waals surface area (Å²) in [4.78, 5) is 33.3. The van der Waals surface area contributed by atoms with Gasteiger partial charge in [-0.15, -0.1) is 0 Å². The second-order valence-corrected chi connectivity index (χ2v) is 8.91. The van der Waals surface area contributed by atoms with Gasteiger partial charge in [-0.2, -0.15) is 0 Å². The molecule has 1 heterocycles. The molecule has 4 rings (SSSR count). The lowest BCUT2D eigenvalue weighted by Gasteiger charge is -2.29. The number of ether oxygens (including phenoxy) is 1. The first-order valence-corrected chi connectivity index (χ1v) is 12.3. The molecule has 9 heteroatoms. The van der Waals surface area contributed by atoms with Crippen molar-refractivity contribution in [2.24, 2.45) is 0 Å². The molecule has 0 saturated heterocycles. The Morgan fingerprint density at radius 1 is 1.06 bits per heavy atom. The number of urea groups is 1. The van der Waals surface area contributed by atoms with E-state index in [9.17, 15) is 9.59 Å². The van der Waals surface area contributed by atoms with Gasteiger partial charge in [0.15, 0.2) is 0 Å². The van der Waals surface area contributed by atoms with Crippen LogP contribution in [0.2, 0.25) is 10.0 Å². The van der Waals surface area contributed by atoms with E-state index in [4.69, 9.17) is 32.9 Å². The van der Waals surface area contributed by atoms with Crippen LogP contribution in [0.25, 0.3) is 16.6 Å². The van der Waals surface area contributed by atoms with E-state index in [1.54, 1.807) is 48.0 Å². The van der Waals surface area contributed by atoms with Gasteiger partial charge in [0.2, 0.25) is 0 Å². The topological polar surface area (TPSA) is 76.5 Å². The number of nitrogens with zero attached hydrogens (tertiary/aromatic N) is 3. The predicted molar refractivity (Wildman–Crippen MR) is 145 cm³/mol. The highest BCUT2D eigenvalue weighted by Crippen LogP contribution is 2.31. The molecule has 0 spiro atoms. The van der Waals surface area contributed by atoms with Gasteiger partial charge in [-0.1, -0.05) is 48.3 Å². The highest BCUT2D eigenvalue weighted by molar-refractivity contribution is 6.43. The summed E-state index contributed by atoms with van der Waals surface area (Å²) in [5, 5.41) is 3.89. The molecule has 0 fully saturated rings. The molecule has 0 saturated carbocycles. The molecule has 0 radical (unpaired) electrons. The number of aromatic nitrogens is 2. The Bertz CT molecular complexity index is 1450. The minimum Gasteiger partial charge on any atom is -0.494 e. The molecule has 186 valence electrons. The number of nitrogens with one attached hydrogen (secondary N) is 1. The van der Waals surface area contributed by atoms with Gasteiger partial charge in [0.1, 0.15) is 11.6 Å². The van der Waals surface area contributed by atoms with Gasteiger partial charge in [-0.3, -0.25) is 9.36 Å². The van der Waals surface area contributed by atoms with Crippen LogP contribution in [-0.2, 0) is 0 Å². The smallest absolute Gasteiger partial charge is 0.322 e. The van der Waals surface area contributed by atoms with E-state index in [0.29, 0.717) is 51.9 Å². The molecule has 1 N–H and O–H groups in total. The number of rotatable bonds is 7. The van der Waals surface area contributed by atoms with Gasteiger partial charge < -0.3 is 15.0 Å². The third kappa shape index (κ3) is 5.03. The van der Waals surface area contributed by atoms with E-state index in [0.717, 1.165) is 0 Å². The number of halogens is 2. The van der Waals surface area contributed by atoms with E-state index in [1.165, 1.54) is 4.90 Å². The Hall–Kier alpha value is -3.55. The Labute approximate surface area is 219 Å². The van der Waals surface area contributed by atoms with Crippen molar-refractivity contribution < 1.29 is 9.53 Å². The van der Waals surface area contributed by atoms with Crippen molar-refractivity contribution in [3.8, 4) is 11.4 Å². The summed E-state index contributed by atoms with van der Waals surface area (Å²) < 4.78 is 7.11. The molecular formula is C27H26Cl2N4O3. The summed E-state index contributed by atoms with van der Waals surface area (Å²) in [5.41, 5.74) is 1.36. The number of benzene rings is 3. The fourth-order valence-electron chi connectivity index (χ4n) is 4.06. The van der Waals surface area contributed by atoms with Gasteiger partial charge in [0.05, 0.1) is 45.0 Å². The lowest BCUT2D eigenvalue weighted by Crippen LogP contribution is -2.38. The van der Waals surface area contributed by atoms with Crippen LogP contribution in [-0.4, -0.2) is 34.1 Å². The first-order valence-electron chi connectivity index (χ1n) is 11.6. The molecule has 3 aromatic carbocycles. The van der Waals surface area contributed by atoms with Crippen LogP contribution in [0.5, 0.6) is 5.75 Å². The number of carbonyl (C=O) groups excluding carboxylic acids is 1. The van der Waals surface area contributed by atoms with Crippen molar-refractivity contribution >= 4 is 45.8 Å². The van der Waals surface area contributed by atoms with Crippen molar-refractivity contribution in [1.82, 2.24) is 14.5 Å². The van der Waals surface area contributed by atoms with Gasteiger partial charge in [-0.05, 0) is 61.9 Å². The van der Waals surface area contributed by atoms with Gasteiger partial charge in [-0.25, -0.2) is 9.78 Å². The highest BCUT2D eigenvalue weighted by atomic mass is 35.5. The van der Waals surface area contributed by atoms with Crippen LogP contribution in [0.3, 0.4) is 0 Å². The zero-order valence-corrected chi connectivity index (χ0v) is 21.7. The molecule has 1 unspecified atom stereocenters. The van der Waals surface area contributed by atoms with Crippen LogP contribution in [0.1, 0.15) is 32.1 Å². The molecule has 0 bridgehead atoms. The van der Waals surface area contributed by atoms with Crippen molar-refractivity contribution in [2.75, 3.05) is 19.0 Å². The van der Waals surface area contributed by atoms with Crippen LogP contribution >= 0.6 is 23.2 Å². The summed E-state index contributed by atoms with van der Waals surface area (Å²) in [7, 11) is 1.66. The monoisotopic (exact) mass is 524 g/mol. The van der Waals surface area contributed by atoms with E-state index < -0.39 is 12.1 Å². The van der Waals surface area contributed by atoms with Gasteiger partial charge >= 0.3 is 6.03 Å². The lowest BCUT2D eigenvalue weighted by molar-refractivity contribution is 0.199. The molecule has 36 heavy (non-hydrogen) atoms. The van der Waals surface area contributed by atoms with Crippen molar-refractivity contribution in [1.29, 1.82) is 0 Å². The number of hydrogen-bond acceptors (Lipinski definition) is 4. The first-order chi connectivity index (χ1) is 17.3. The largest absolute Gasteiger partial charge is 0.494 e. The minimum atomic E-state index is -0.521. The van der Waals surface area contributed by atoms with Crippen molar-refractivity contribution in [3.05, 3.63) is 93.0 Å². The van der Waals surface area contributed by atoms with Crippen LogP contribution < -0.4 is 15.6 Å². The molecule has 2 amide bonds. The molecule has 0 aliphatic rings. The number of fused-ring (bicyclic) bond motifs is 1. The van der Waals surface area contributed by atoms with Gasteiger partial charge in [0.25, 0.3) is 5.56 Å². The number of para-hydroxylation sites is 1. The van der Waals surface area contributed by atoms with E-state index in [-0.39, 0.29) is 10.6 Å². The van der Waals surface area contributed by atoms with E-state index in [1.807, 2.05) is 44.2 Å². The SMILES string of the molecule is CCOc1ccc(-n2c(C(CC)N(C)C(=O)Nc3cccc(Cl)c3Cl)nc3ccccc3c2=O)cc1. The average Bonchev–Trinajstić information content (AvgIpc) is 2.88. The number of amides is 2. The summed E-state index contributed by atoms with van der Waals surface area (Å²) in [6.07, 6.45) is 0.509. The maximum Gasteiger partial charge on any atom is 0.322 e. The van der Waals surface area contributed by atoms with Crippen LogP contribution in [0, 0.1) is 0 Å². The lowest BCUT2D eigenvalue weighted by atomic mass is 10.1. The summed E-state index contributed by atoms with van der Waals surface area (Å²) in [6.45, 7) is 4.38. The summed E-state index contributed by atoms with van der Waals surface area (Å²) >= 11 is 12.4. The third-order valence-corrected chi connectivity index (χ3v) is 6.69. The van der Waals surface area contributed by atoms with Crippen LogP contribution in [0.15, 0.2) is 71.5 Å². The number of carbonyl (C=O) groups is 1. The minimum absolute atomic E-state index is 0.218. The maximum absolute atomic E-state index is 13.7. The Morgan fingerprint density at radius 3 is 2.47 bits per heavy atom. The number of anilines is 1. The van der Waals surface area contributed by atoms with E-state index >= 15 is 0 Å². The average molecular weight is 525 g/mol. The molecule has 7 nitrogen and oxygen atoms in total. The molecular weight excluding hydrogens is 499 g/mol. The first kappa shape index (κ1) is 25.5.